The van der Waals surface area contributed by atoms with Crippen molar-refractivity contribution in [1.29, 1.82) is 5.26 Å². The van der Waals surface area contributed by atoms with E-state index in [1.807, 2.05) is 42.5 Å². The number of hydrogen-bond donors (Lipinski definition) is 2. The number of hydrogen-bond acceptors (Lipinski definition) is 8. The number of Topliss-reactive ketones (excluding diaryl/α,β-unsaturated/α-hetero) is 1. The molecule has 9 heteroatoms. The van der Waals surface area contributed by atoms with Gasteiger partial charge in [-0.3, -0.25) is 14.2 Å². The Morgan fingerprint density at radius 1 is 1.19 bits per heavy atom. The van der Waals surface area contributed by atoms with Crippen LogP contribution in [-0.2, 0) is 6.54 Å². The van der Waals surface area contributed by atoms with Crippen LogP contribution in [0.2, 0.25) is 0 Å². The van der Waals surface area contributed by atoms with Crippen molar-refractivity contribution < 1.29 is 4.79 Å². The van der Waals surface area contributed by atoms with E-state index in [0.29, 0.717) is 38.8 Å². The molecule has 5 rings (SSSR count). The van der Waals surface area contributed by atoms with Gasteiger partial charge in [-0.1, -0.05) is 48.5 Å². The van der Waals surface area contributed by atoms with Crippen molar-refractivity contribution in [2.45, 2.75) is 25.4 Å². The molecule has 0 saturated carbocycles. The fourth-order valence-electron chi connectivity index (χ4n) is 4.49. The molecule has 2 aromatic carbocycles. The van der Waals surface area contributed by atoms with Gasteiger partial charge in [-0.05, 0) is 30.5 Å². The molecule has 2 aromatic heterocycles. The van der Waals surface area contributed by atoms with Gasteiger partial charge in [0.1, 0.15) is 4.70 Å². The summed E-state index contributed by atoms with van der Waals surface area (Å²) in [6.45, 7) is 1.72. The number of fused-ring (bicyclic) bond motifs is 1. The van der Waals surface area contributed by atoms with Gasteiger partial charge in [0, 0.05) is 24.7 Å². The van der Waals surface area contributed by atoms with E-state index in [1.165, 1.54) is 11.3 Å². The van der Waals surface area contributed by atoms with Crippen LogP contribution in [0.4, 0.5) is 10.9 Å². The molecular formula is C27H26N6O2S. The van der Waals surface area contributed by atoms with Crippen LogP contribution >= 0.6 is 11.3 Å². The Morgan fingerprint density at radius 3 is 2.75 bits per heavy atom. The molecule has 3 heterocycles. The van der Waals surface area contributed by atoms with Gasteiger partial charge < -0.3 is 16.0 Å². The van der Waals surface area contributed by atoms with Crippen LogP contribution in [0.1, 0.15) is 34.3 Å². The van der Waals surface area contributed by atoms with Crippen molar-refractivity contribution >= 4 is 38.3 Å². The van der Waals surface area contributed by atoms with Crippen LogP contribution in [0.15, 0.2) is 65.5 Å². The van der Waals surface area contributed by atoms with E-state index in [4.69, 9.17) is 10.7 Å². The number of anilines is 2. The zero-order valence-electron chi connectivity index (χ0n) is 19.7. The third-order valence-corrected chi connectivity index (χ3v) is 7.41. The second-order valence-corrected chi connectivity index (χ2v) is 9.94. The summed E-state index contributed by atoms with van der Waals surface area (Å²) in [4.78, 5) is 33.2. The lowest BCUT2D eigenvalue weighted by Crippen LogP contribution is -2.45. The zero-order chi connectivity index (χ0) is 25.1. The highest BCUT2D eigenvalue weighted by molar-refractivity contribution is 7.22. The highest BCUT2D eigenvalue weighted by atomic mass is 32.1. The number of thiophene rings is 1. The fraction of sp³-hybridized carbons (Fsp3) is 0.259. The molecule has 0 unspecified atom stereocenters. The number of piperidine rings is 1. The molecular weight excluding hydrogens is 472 g/mol. The van der Waals surface area contributed by atoms with E-state index in [-0.39, 0.29) is 30.5 Å². The lowest BCUT2D eigenvalue weighted by Gasteiger charge is -2.33. The topological polar surface area (TPSA) is 117 Å². The van der Waals surface area contributed by atoms with Crippen molar-refractivity contribution in [3.8, 4) is 6.07 Å². The van der Waals surface area contributed by atoms with Gasteiger partial charge in [-0.15, -0.1) is 11.3 Å². The standard InChI is InChI=1S/C27H26N6O2S/c28-14-19-9-4-5-10-20(19)16-33-26(35)25-22(31-27(33)32-12-6-11-21(29)17-32)13-24(36-25)30-15-23(34)18-7-2-1-3-8-18/h1-5,7-10,13,21,30H,6,11-12,15-17,29H2/t21-/m1/s1. The molecule has 1 fully saturated rings. The number of benzene rings is 2. The number of nitriles is 1. The Bertz CT molecular complexity index is 1500. The smallest absolute Gasteiger partial charge is 0.273 e. The summed E-state index contributed by atoms with van der Waals surface area (Å²) in [5, 5.41) is 13.4. The monoisotopic (exact) mass is 498 g/mol. The molecule has 1 aliphatic heterocycles. The quantitative estimate of drug-likeness (QED) is 0.374. The summed E-state index contributed by atoms with van der Waals surface area (Å²) in [7, 11) is 0. The number of carbonyl (C=O) groups excluding carboxylic acids is 1. The van der Waals surface area contributed by atoms with Crippen molar-refractivity contribution in [3.05, 3.63) is 87.7 Å². The van der Waals surface area contributed by atoms with Crippen LogP contribution in [0, 0.1) is 11.3 Å². The minimum Gasteiger partial charge on any atom is -0.369 e. The third kappa shape index (κ3) is 4.87. The van der Waals surface area contributed by atoms with Crippen LogP contribution in [-0.4, -0.2) is 41.0 Å². The Balaban J connectivity index is 1.52. The van der Waals surface area contributed by atoms with E-state index in [1.54, 1.807) is 22.8 Å². The largest absolute Gasteiger partial charge is 0.369 e. The number of rotatable bonds is 7. The zero-order valence-corrected chi connectivity index (χ0v) is 20.5. The second kappa shape index (κ2) is 10.3. The maximum Gasteiger partial charge on any atom is 0.273 e. The average Bonchev–Trinajstić information content (AvgIpc) is 3.33. The predicted octanol–water partition coefficient (Wildman–Crippen LogP) is 3.60. The molecule has 1 atom stereocenters. The van der Waals surface area contributed by atoms with Gasteiger partial charge in [0.2, 0.25) is 5.95 Å². The number of ketones is 1. The molecule has 36 heavy (non-hydrogen) atoms. The van der Waals surface area contributed by atoms with E-state index in [2.05, 4.69) is 16.3 Å². The van der Waals surface area contributed by atoms with Crippen molar-refractivity contribution in [2.75, 3.05) is 29.9 Å². The third-order valence-electron chi connectivity index (χ3n) is 6.34. The lowest BCUT2D eigenvalue weighted by atomic mass is 10.1. The van der Waals surface area contributed by atoms with Crippen molar-refractivity contribution in [1.82, 2.24) is 9.55 Å². The summed E-state index contributed by atoms with van der Waals surface area (Å²) >= 11 is 1.28. The first kappa shape index (κ1) is 23.7. The van der Waals surface area contributed by atoms with Crippen LogP contribution in [0.3, 0.4) is 0 Å². The molecule has 1 saturated heterocycles. The maximum absolute atomic E-state index is 13.7. The summed E-state index contributed by atoms with van der Waals surface area (Å²) in [6.07, 6.45) is 1.85. The molecule has 8 nitrogen and oxygen atoms in total. The number of aromatic nitrogens is 2. The highest BCUT2D eigenvalue weighted by Crippen LogP contribution is 2.29. The molecule has 182 valence electrons. The molecule has 3 N–H and O–H groups in total. The minimum atomic E-state index is -0.172. The van der Waals surface area contributed by atoms with Crippen LogP contribution in [0.5, 0.6) is 0 Å². The first-order valence-electron chi connectivity index (χ1n) is 11.9. The predicted molar refractivity (Wildman–Crippen MR) is 143 cm³/mol. The highest BCUT2D eigenvalue weighted by Gasteiger charge is 2.24. The fourth-order valence-corrected chi connectivity index (χ4v) is 5.43. The molecule has 0 amide bonds. The summed E-state index contributed by atoms with van der Waals surface area (Å²) < 4.78 is 2.15. The van der Waals surface area contributed by atoms with Gasteiger partial charge in [0.15, 0.2) is 5.78 Å². The van der Waals surface area contributed by atoms with Gasteiger partial charge in [0.05, 0.1) is 35.2 Å². The van der Waals surface area contributed by atoms with Gasteiger partial charge in [0.25, 0.3) is 5.56 Å². The van der Waals surface area contributed by atoms with Crippen molar-refractivity contribution in [2.24, 2.45) is 5.73 Å². The Labute approximate surface area is 212 Å². The Hall–Kier alpha value is -4.00. The molecule has 4 aromatic rings. The SMILES string of the molecule is N#Cc1ccccc1Cn1c(N2CCC[C@@H](N)C2)nc2cc(NCC(=O)c3ccccc3)sc2c1=O. The molecule has 1 aliphatic rings. The van der Waals surface area contributed by atoms with Crippen LogP contribution in [0.25, 0.3) is 10.2 Å². The van der Waals surface area contributed by atoms with E-state index in [0.717, 1.165) is 24.9 Å². The molecule has 0 aliphatic carbocycles. The lowest BCUT2D eigenvalue weighted by molar-refractivity contribution is 0.101. The number of nitrogens with two attached hydrogens (primary N) is 1. The normalized spacial score (nSPS) is 15.6. The maximum atomic E-state index is 13.7. The van der Waals surface area contributed by atoms with E-state index < -0.39 is 0 Å². The first-order valence-corrected chi connectivity index (χ1v) is 12.7. The number of nitrogens with one attached hydrogen (secondary N) is 1. The molecule has 0 radical (unpaired) electrons. The van der Waals surface area contributed by atoms with Gasteiger partial charge in [-0.2, -0.15) is 5.26 Å². The van der Waals surface area contributed by atoms with E-state index in [9.17, 15) is 14.9 Å². The first-order chi connectivity index (χ1) is 17.5. The Kier molecular flexibility index (Phi) is 6.80. The summed E-state index contributed by atoms with van der Waals surface area (Å²) in [5.41, 5.74) is 8.57. The molecule has 0 bridgehead atoms. The Morgan fingerprint density at radius 2 is 1.97 bits per heavy atom. The summed E-state index contributed by atoms with van der Waals surface area (Å²) in [5.74, 6) is 0.523. The van der Waals surface area contributed by atoms with Gasteiger partial charge in [-0.25, -0.2) is 4.98 Å². The number of carbonyl (C=O) groups is 1. The van der Waals surface area contributed by atoms with E-state index >= 15 is 0 Å². The minimum absolute atomic E-state index is 0.00916. The molecule has 0 spiro atoms. The van der Waals surface area contributed by atoms with Gasteiger partial charge >= 0.3 is 0 Å². The second-order valence-electron chi connectivity index (χ2n) is 8.89. The average molecular weight is 499 g/mol. The van der Waals surface area contributed by atoms with Crippen molar-refractivity contribution in [3.63, 3.8) is 0 Å². The van der Waals surface area contributed by atoms with Crippen LogP contribution < -0.4 is 21.5 Å². The number of nitrogens with zero attached hydrogens (tertiary/aromatic N) is 4. The summed E-state index contributed by atoms with van der Waals surface area (Å²) in [6, 6.07) is 20.4.